The lowest BCUT2D eigenvalue weighted by Gasteiger charge is -2.20. The molecule has 0 atom stereocenters. The molecule has 0 saturated heterocycles. The molecule has 1 N–H and O–H groups in total. The Kier molecular flexibility index (Phi) is 5.41. The molecular weight excluding hydrogens is 306 g/mol. The summed E-state index contributed by atoms with van der Waals surface area (Å²) in [6.45, 7) is 10.7. The van der Waals surface area contributed by atoms with Crippen molar-refractivity contribution in [3.05, 3.63) is 28.2 Å². The molecule has 3 nitrogen and oxygen atoms in total. The van der Waals surface area contributed by atoms with Crippen molar-refractivity contribution in [3.8, 4) is 5.75 Å². The fourth-order valence-corrected chi connectivity index (χ4v) is 1.92. The van der Waals surface area contributed by atoms with Crippen molar-refractivity contribution in [3.63, 3.8) is 0 Å². The van der Waals surface area contributed by atoms with Crippen LogP contribution in [-0.4, -0.2) is 18.1 Å². The van der Waals surface area contributed by atoms with Crippen LogP contribution in [0.25, 0.3) is 0 Å². The third-order valence-electron chi connectivity index (χ3n) is 2.25. The maximum Gasteiger partial charge on any atom is 0.251 e. The third-order valence-corrected chi connectivity index (χ3v) is 2.87. The Bertz CT molecular complexity index is 450. The molecule has 1 rings (SSSR count). The summed E-state index contributed by atoms with van der Waals surface area (Å²) >= 11 is 3.44. The highest BCUT2D eigenvalue weighted by Gasteiger charge is 2.16. The first kappa shape index (κ1) is 16.0. The molecule has 0 radical (unpaired) electrons. The Morgan fingerprint density at radius 2 is 2.00 bits per heavy atom. The van der Waals surface area contributed by atoms with Gasteiger partial charge in [-0.3, -0.25) is 4.79 Å². The SMILES string of the molecule is CC(C)COc1ccc(C(=O)NC(C)(C)C)cc1Br. The summed E-state index contributed by atoms with van der Waals surface area (Å²) in [7, 11) is 0. The van der Waals surface area contributed by atoms with Crippen LogP contribution in [0.5, 0.6) is 5.75 Å². The van der Waals surface area contributed by atoms with Gasteiger partial charge in [-0.1, -0.05) is 13.8 Å². The van der Waals surface area contributed by atoms with Crippen molar-refractivity contribution < 1.29 is 9.53 Å². The molecule has 0 aliphatic carbocycles. The molecule has 1 aromatic carbocycles. The van der Waals surface area contributed by atoms with Gasteiger partial charge in [0.2, 0.25) is 0 Å². The minimum absolute atomic E-state index is 0.0800. The van der Waals surface area contributed by atoms with Crippen LogP contribution in [0.1, 0.15) is 45.0 Å². The summed E-state index contributed by atoms with van der Waals surface area (Å²) in [5.41, 5.74) is 0.384. The van der Waals surface area contributed by atoms with E-state index in [9.17, 15) is 4.79 Å². The van der Waals surface area contributed by atoms with E-state index in [1.165, 1.54) is 0 Å². The Morgan fingerprint density at radius 1 is 1.37 bits per heavy atom. The predicted molar refractivity (Wildman–Crippen MR) is 81.7 cm³/mol. The maximum atomic E-state index is 12.0. The highest BCUT2D eigenvalue weighted by atomic mass is 79.9. The van der Waals surface area contributed by atoms with E-state index in [1.54, 1.807) is 12.1 Å². The molecule has 0 saturated carbocycles. The molecule has 4 heteroatoms. The van der Waals surface area contributed by atoms with Gasteiger partial charge >= 0.3 is 0 Å². The molecule has 0 unspecified atom stereocenters. The molecule has 0 aliphatic heterocycles. The van der Waals surface area contributed by atoms with Crippen LogP contribution >= 0.6 is 15.9 Å². The zero-order valence-electron chi connectivity index (χ0n) is 12.2. The van der Waals surface area contributed by atoms with Crippen LogP contribution in [0.15, 0.2) is 22.7 Å². The maximum absolute atomic E-state index is 12.0. The number of rotatable bonds is 4. The molecule has 1 aromatic rings. The molecule has 0 bridgehead atoms. The second-order valence-corrected chi connectivity index (χ2v) is 6.91. The van der Waals surface area contributed by atoms with Gasteiger partial charge in [0.15, 0.2) is 0 Å². The van der Waals surface area contributed by atoms with Gasteiger partial charge in [-0.05, 0) is 60.8 Å². The van der Waals surface area contributed by atoms with Crippen LogP contribution in [0.3, 0.4) is 0 Å². The van der Waals surface area contributed by atoms with Crippen LogP contribution in [-0.2, 0) is 0 Å². The van der Waals surface area contributed by atoms with Gasteiger partial charge < -0.3 is 10.1 Å². The van der Waals surface area contributed by atoms with Crippen LogP contribution in [0.2, 0.25) is 0 Å². The minimum atomic E-state index is -0.240. The van der Waals surface area contributed by atoms with Crippen molar-refractivity contribution in [2.45, 2.75) is 40.2 Å². The minimum Gasteiger partial charge on any atom is -0.492 e. The molecule has 0 fully saturated rings. The van der Waals surface area contributed by atoms with Gasteiger partial charge in [-0.15, -0.1) is 0 Å². The predicted octanol–water partition coefficient (Wildman–Crippen LogP) is 4.01. The quantitative estimate of drug-likeness (QED) is 0.907. The Hall–Kier alpha value is -1.03. The van der Waals surface area contributed by atoms with Gasteiger partial charge in [0.25, 0.3) is 5.91 Å². The Labute approximate surface area is 123 Å². The lowest BCUT2D eigenvalue weighted by molar-refractivity contribution is 0.0919. The number of carbonyl (C=O) groups is 1. The van der Waals surface area contributed by atoms with E-state index in [0.717, 1.165) is 10.2 Å². The fraction of sp³-hybridized carbons (Fsp3) is 0.533. The normalized spacial score (nSPS) is 11.5. The second kappa shape index (κ2) is 6.42. The summed E-state index contributed by atoms with van der Waals surface area (Å²) in [5.74, 6) is 1.15. The van der Waals surface area contributed by atoms with Crippen LogP contribution in [0, 0.1) is 5.92 Å². The number of halogens is 1. The zero-order valence-corrected chi connectivity index (χ0v) is 13.8. The zero-order chi connectivity index (χ0) is 14.6. The Morgan fingerprint density at radius 3 is 2.47 bits per heavy atom. The molecule has 0 spiro atoms. The van der Waals surface area contributed by atoms with Crippen LogP contribution < -0.4 is 10.1 Å². The largest absolute Gasteiger partial charge is 0.492 e. The molecule has 0 heterocycles. The van der Waals surface area contributed by atoms with Gasteiger partial charge in [0.1, 0.15) is 5.75 Å². The molecule has 0 aliphatic rings. The number of ether oxygens (including phenoxy) is 1. The highest BCUT2D eigenvalue weighted by Crippen LogP contribution is 2.26. The van der Waals surface area contributed by atoms with Gasteiger partial charge in [0.05, 0.1) is 11.1 Å². The van der Waals surface area contributed by atoms with E-state index in [-0.39, 0.29) is 11.4 Å². The summed E-state index contributed by atoms with van der Waals surface area (Å²) in [6, 6.07) is 5.39. The summed E-state index contributed by atoms with van der Waals surface area (Å²) < 4.78 is 6.46. The van der Waals surface area contributed by atoms with E-state index in [0.29, 0.717) is 18.1 Å². The number of nitrogens with one attached hydrogen (secondary N) is 1. The number of carbonyl (C=O) groups excluding carboxylic acids is 1. The fourth-order valence-electron chi connectivity index (χ4n) is 1.43. The number of amides is 1. The van der Waals surface area contributed by atoms with Crippen molar-refractivity contribution >= 4 is 21.8 Å². The van der Waals surface area contributed by atoms with E-state index in [1.807, 2.05) is 26.8 Å². The summed E-state index contributed by atoms with van der Waals surface area (Å²) in [5, 5.41) is 2.93. The molecular formula is C15H22BrNO2. The first-order valence-corrected chi connectivity index (χ1v) is 7.23. The smallest absolute Gasteiger partial charge is 0.251 e. The summed E-state index contributed by atoms with van der Waals surface area (Å²) in [4.78, 5) is 12.0. The first-order valence-electron chi connectivity index (χ1n) is 6.44. The number of hydrogen-bond donors (Lipinski definition) is 1. The lowest BCUT2D eigenvalue weighted by atomic mass is 10.1. The average Bonchev–Trinajstić information content (AvgIpc) is 2.24. The standard InChI is InChI=1S/C15H22BrNO2/c1-10(2)9-19-13-7-6-11(8-12(13)16)14(18)17-15(3,4)5/h6-8,10H,9H2,1-5H3,(H,17,18). The second-order valence-electron chi connectivity index (χ2n) is 6.05. The van der Waals surface area contributed by atoms with Gasteiger partial charge in [0, 0.05) is 11.1 Å². The van der Waals surface area contributed by atoms with Crippen molar-refractivity contribution in [2.24, 2.45) is 5.92 Å². The van der Waals surface area contributed by atoms with E-state index >= 15 is 0 Å². The van der Waals surface area contributed by atoms with E-state index in [2.05, 4.69) is 35.1 Å². The molecule has 1 amide bonds. The topological polar surface area (TPSA) is 38.3 Å². The van der Waals surface area contributed by atoms with Gasteiger partial charge in [-0.2, -0.15) is 0 Å². The van der Waals surface area contributed by atoms with E-state index in [4.69, 9.17) is 4.74 Å². The lowest BCUT2D eigenvalue weighted by Crippen LogP contribution is -2.40. The summed E-state index contributed by atoms with van der Waals surface area (Å²) in [6.07, 6.45) is 0. The van der Waals surface area contributed by atoms with Crippen molar-refractivity contribution in [1.29, 1.82) is 0 Å². The van der Waals surface area contributed by atoms with Gasteiger partial charge in [-0.25, -0.2) is 0 Å². The van der Waals surface area contributed by atoms with Crippen molar-refractivity contribution in [2.75, 3.05) is 6.61 Å². The van der Waals surface area contributed by atoms with E-state index < -0.39 is 0 Å². The monoisotopic (exact) mass is 327 g/mol. The molecule has 19 heavy (non-hydrogen) atoms. The molecule has 106 valence electrons. The van der Waals surface area contributed by atoms with Crippen LogP contribution in [0.4, 0.5) is 0 Å². The average molecular weight is 328 g/mol. The Balaban J connectivity index is 2.79. The van der Waals surface area contributed by atoms with Crippen molar-refractivity contribution in [1.82, 2.24) is 5.32 Å². The number of benzene rings is 1. The third kappa shape index (κ3) is 5.64. The molecule has 0 aromatic heterocycles. The highest BCUT2D eigenvalue weighted by molar-refractivity contribution is 9.10. The number of hydrogen-bond acceptors (Lipinski definition) is 2. The first-order chi connectivity index (χ1) is 8.69.